The van der Waals surface area contributed by atoms with Gasteiger partial charge in [-0.2, -0.15) is 5.10 Å². The Hall–Kier alpha value is -1.38. The third-order valence-electron chi connectivity index (χ3n) is 2.80. The Morgan fingerprint density at radius 2 is 2.14 bits per heavy atom. The van der Waals surface area contributed by atoms with Crippen LogP contribution in [-0.4, -0.2) is 24.2 Å². The monoisotopic (exact) mass is 328 g/mol. The molecule has 0 aromatic carbocycles. The summed E-state index contributed by atoms with van der Waals surface area (Å²) in [6, 6.07) is 3.84. The molecule has 8 heteroatoms. The van der Waals surface area contributed by atoms with Gasteiger partial charge in [0.1, 0.15) is 4.21 Å². The molecular formula is C13H20N4O2S2. The maximum absolute atomic E-state index is 12.3. The third kappa shape index (κ3) is 4.29. The van der Waals surface area contributed by atoms with Gasteiger partial charge in [-0.15, -0.1) is 11.3 Å². The van der Waals surface area contributed by atoms with Crippen molar-refractivity contribution < 1.29 is 8.42 Å². The minimum atomic E-state index is -3.54. The summed E-state index contributed by atoms with van der Waals surface area (Å²) in [5.41, 5.74) is 0.479. The molecule has 2 N–H and O–H groups in total. The minimum Gasteiger partial charge on any atom is -0.310 e. The number of thiophene rings is 1. The molecule has 0 amide bonds. The van der Waals surface area contributed by atoms with Crippen LogP contribution >= 0.6 is 11.3 Å². The van der Waals surface area contributed by atoms with Crippen molar-refractivity contribution >= 4 is 27.0 Å². The molecule has 0 radical (unpaired) electrons. The van der Waals surface area contributed by atoms with Crippen LogP contribution in [0.5, 0.6) is 0 Å². The maximum Gasteiger partial charge on any atom is 0.271 e. The van der Waals surface area contributed by atoms with Crippen molar-refractivity contribution in [3.63, 3.8) is 0 Å². The van der Waals surface area contributed by atoms with E-state index in [1.54, 1.807) is 16.9 Å². The Morgan fingerprint density at radius 3 is 2.76 bits per heavy atom. The van der Waals surface area contributed by atoms with Gasteiger partial charge >= 0.3 is 0 Å². The maximum atomic E-state index is 12.3. The molecule has 0 aliphatic carbocycles. The predicted octanol–water partition coefficient (Wildman–Crippen LogP) is 2.26. The highest BCUT2D eigenvalue weighted by Crippen LogP contribution is 2.24. The summed E-state index contributed by atoms with van der Waals surface area (Å²) in [4.78, 5) is 0.994. The minimum absolute atomic E-state index is 0.312. The number of anilines is 1. The van der Waals surface area contributed by atoms with Crippen molar-refractivity contribution in [3.05, 3.63) is 29.4 Å². The molecule has 0 aliphatic heterocycles. The highest BCUT2D eigenvalue weighted by Gasteiger charge is 2.17. The van der Waals surface area contributed by atoms with Crippen molar-refractivity contribution in [2.75, 3.05) is 4.72 Å². The lowest BCUT2D eigenvalue weighted by Crippen LogP contribution is -2.21. The van der Waals surface area contributed by atoms with Gasteiger partial charge in [0.15, 0.2) is 0 Å². The topological polar surface area (TPSA) is 76.0 Å². The average Bonchev–Trinajstić information content (AvgIpc) is 3.04. The van der Waals surface area contributed by atoms with Gasteiger partial charge in [0.05, 0.1) is 11.9 Å². The fraction of sp³-hybridized carbons (Fsp3) is 0.462. The van der Waals surface area contributed by atoms with Crippen molar-refractivity contribution in [1.29, 1.82) is 0 Å². The molecule has 0 atom stereocenters. The summed E-state index contributed by atoms with van der Waals surface area (Å²) in [7, 11) is -3.54. The van der Waals surface area contributed by atoms with Gasteiger partial charge < -0.3 is 5.32 Å². The van der Waals surface area contributed by atoms with E-state index in [1.807, 2.05) is 13.0 Å². The zero-order valence-electron chi connectivity index (χ0n) is 12.3. The second-order valence-electron chi connectivity index (χ2n) is 4.95. The first-order valence-corrected chi connectivity index (χ1v) is 9.08. The Balaban J connectivity index is 2.08. The number of hydrogen-bond donors (Lipinski definition) is 2. The number of aryl methyl sites for hydroxylation is 1. The van der Waals surface area contributed by atoms with E-state index in [4.69, 9.17) is 0 Å². The molecule has 0 aliphatic rings. The number of nitrogens with zero attached hydrogens (tertiary/aromatic N) is 2. The summed E-state index contributed by atoms with van der Waals surface area (Å²) >= 11 is 1.27. The van der Waals surface area contributed by atoms with Crippen molar-refractivity contribution in [3.8, 4) is 0 Å². The van der Waals surface area contributed by atoms with Crippen LogP contribution < -0.4 is 10.0 Å². The number of rotatable bonds is 7. The number of hydrogen-bond acceptors (Lipinski definition) is 5. The number of nitrogens with one attached hydrogen (secondary N) is 2. The molecule has 0 bridgehead atoms. The molecule has 2 aromatic rings. The molecule has 2 aromatic heterocycles. The normalized spacial score (nSPS) is 12.0. The Bertz CT molecular complexity index is 689. The molecule has 0 saturated carbocycles. The molecule has 0 spiro atoms. The van der Waals surface area contributed by atoms with Gasteiger partial charge in [0.2, 0.25) is 0 Å². The van der Waals surface area contributed by atoms with E-state index in [1.165, 1.54) is 17.5 Å². The average molecular weight is 328 g/mol. The molecule has 116 valence electrons. The van der Waals surface area contributed by atoms with Crippen LogP contribution in [0.4, 0.5) is 5.69 Å². The molecule has 21 heavy (non-hydrogen) atoms. The zero-order valence-corrected chi connectivity index (χ0v) is 14.0. The molecule has 0 unspecified atom stereocenters. The van der Waals surface area contributed by atoms with Crippen LogP contribution in [0.1, 0.15) is 25.6 Å². The molecule has 2 heterocycles. The molecule has 0 fully saturated rings. The zero-order chi connectivity index (χ0) is 15.5. The van der Waals surface area contributed by atoms with Crippen LogP contribution in [0.3, 0.4) is 0 Å². The predicted molar refractivity (Wildman–Crippen MR) is 85.0 cm³/mol. The van der Waals surface area contributed by atoms with E-state index >= 15 is 0 Å². The van der Waals surface area contributed by atoms with Crippen LogP contribution in [0.15, 0.2) is 28.7 Å². The SMILES string of the molecule is CCn1cc(NS(=O)(=O)c2ccc(CNC(C)C)s2)cn1. The second-order valence-corrected chi connectivity index (χ2v) is 8.02. The second kappa shape index (κ2) is 6.59. The highest BCUT2D eigenvalue weighted by molar-refractivity contribution is 7.94. The molecule has 6 nitrogen and oxygen atoms in total. The van der Waals surface area contributed by atoms with E-state index in [2.05, 4.69) is 29.0 Å². The summed E-state index contributed by atoms with van der Waals surface area (Å²) in [6.07, 6.45) is 3.18. The van der Waals surface area contributed by atoms with Crippen LogP contribution in [0, 0.1) is 0 Å². The van der Waals surface area contributed by atoms with Gasteiger partial charge in [-0.1, -0.05) is 13.8 Å². The highest BCUT2D eigenvalue weighted by atomic mass is 32.2. The lowest BCUT2D eigenvalue weighted by molar-refractivity contribution is 0.593. The first kappa shape index (κ1) is 16.0. The van der Waals surface area contributed by atoms with E-state index < -0.39 is 10.0 Å². The fourth-order valence-corrected chi connectivity index (χ4v) is 4.03. The Morgan fingerprint density at radius 1 is 1.38 bits per heavy atom. The van der Waals surface area contributed by atoms with Crippen molar-refractivity contribution in [1.82, 2.24) is 15.1 Å². The van der Waals surface area contributed by atoms with Crippen LogP contribution in [0.2, 0.25) is 0 Å². The Labute approximate surface area is 129 Å². The van der Waals surface area contributed by atoms with Crippen molar-refractivity contribution in [2.45, 2.75) is 44.1 Å². The summed E-state index contributed by atoms with van der Waals surface area (Å²) < 4.78 is 29.1. The summed E-state index contributed by atoms with van der Waals surface area (Å²) in [6.45, 7) is 7.42. The van der Waals surface area contributed by atoms with Crippen LogP contribution in [0.25, 0.3) is 0 Å². The smallest absolute Gasteiger partial charge is 0.271 e. The molecule has 2 rings (SSSR count). The van der Waals surface area contributed by atoms with E-state index in [9.17, 15) is 8.42 Å². The van der Waals surface area contributed by atoms with E-state index in [0.29, 0.717) is 29.0 Å². The van der Waals surface area contributed by atoms with Gasteiger partial charge in [-0.05, 0) is 19.1 Å². The summed E-state index contributed by atoms with van der Waals surface area (Å²) in [5.74, 6) is 0. The van der Waals surface area contributed by atoms with E-state index in [-0.39, 0.29) is 0 Å². The van der Waals surface area contributed by atoms with Gasteiger partial charge in [-0.3, -0.25) is 9.40 Å². The van der Waals surface area contributed by atoms with Gasteiger partial charge in [-0.25, -0.2) is 8.42 Å². The lowest BCUT2D eigenvalue weighted by atomic mass is 10.4. The first-order valence-electron chi connectivity index (χ1n) is 6.78. The standard InChI is InChI=1S/C13H20N4O2S2/c1-4-17-9-11(7-15-17)16-21(18,19)13-6-5-12(20-13)8-14-10(2)3/h5-7,9-10,14,16H,4,8H2,1-3H3. The van der Waals surface area contributed by atoms with Gasteiger partial charge in [0, 0.05) is 30.2 Å². The quantitative estimate of drug-likeness (QED) is 0.817. The third-order valence-corrected chi connectivity index (χ3v) is 5.75. The largest absolute Gasteiger partial charge is 0.310 e. The van der Waals surface area contributed by atoms with Crippen molar-refractivity contribution in [2.24, 2.45) is 0 Å². The fourth-order valence-electron chi connectivity index (χ4n) is 1.70. The lowest BCUT2D eigenvalue weighted by Gasteiger charge is -2.05. The van der Waals surface area contributed by atoms with E-state index in [0.717, 1.165) is 4.88 Å². The molecule has 0 saturated heterocycles. The first-order chi connectivity index (χ1) is 9.90. The summed E-state index contributed by atoms with van der Waals surface area (Å²) in [5, 5.41) is 7.32. The van der Waals surface area contributed by atoms with Crippen LogP contribution in [-0.2, 0) is 23.1 Å². The number of aromatic nitrogens is 2. The van der Waals surface area contributed by atoms with Gasteiger partial charge in [0.25, 0.3) is 10.0 Å². The molecular weight excluding hydrogens is 308 g/mol. The Kier molecular flexibility index (Phi) is 5.02. The number of sulfonamides is 1.